The van der Waals surface area contributed by atoms with Gasteiger partial charge >= 0.3 is 0 Å². The van der Waals surface area contributed by atoms with E-state index < -0.39 is 0 Å². The first-order valence-corrected chi connectivity index (χ1v) is 9.83. The van der Waals surface area contributed by atoms with Crippen LogP contribution in [0, 0.1) is 5.92 Å². The summed E-state index contributed by atoms with van der Waals surface area (Å²) < 4.78 is 0. The van der Waals surface area contributed by atoms with Gasteiger partial charge in [-0.3, -0.25) is 0 Å². The van der Waals surface area contributed by atoms with Crippen LogP contribution in [-0.2, 0) is 19.3 Å². The highest BCUT2D eigenvalue weighted by atomic mass is 31.0. The third kappa shape index (κ3) is 3.40. The number of rotatable bonds is 4. The molecule has 0 heterocycles. The molecule has 0 bridgehead atoms. The van der Waals surface area contributed by atoms with Gasteiger partial charge in [0.1, 0.15) is 0 Å². The van der Waals surface area contributed by atoms with Gasteiger partial charge in [0, 0.05) is 0 Å². The summed E-state index contributed by atoms with van der Waals surface area (Å²) >= 11 is 0. The number of aryl methyl sites for hydroxylation is 2. The van der Waals surface area contributed by atoms with Gasteiger partial charge in [0.2, 0.25) is 0 Å². The van der Waals surface area contributed by atoms with E-state index >= 15 is 0 Å². The molecule has 0 saturated heterocycles. The summed E-state index contributed by atoms with van der Waals surface area (Å²) in [5.74, 6) is 0.758. The molecule has 2 aromatic rings. The van der Waals surface area contributed by atoms with Crippen LogP contribution in [0.2, 0.25) is 0 Å². The van der Waals surface area contributed by atoms with Gasteiger partial charge in [-0.05, 0) is 70.6 Å². The molecule has 21 heavy (non-hydrogen) atoms. The molecule has 0 aromatic heterocycles. The molecular formula is C18H23P3. The van der Waals surface area contributed by atoms with Crippen LogP contribution in [0.1, 0.15) is 16.7 Å². The minimum atomic E-state index is 0.758. The van der Waals surface area contributed by atoms with Crippen molar-refractivity contribution in [1.29, 1.82) is 0 Å². The molecule has 0 N–H and O–H groups in total. The highest BCUT2D eigenvalue weighted by molar-refractivity contribution is 7.27. The van der Waals surface area contributed by atoms with Crippen molar-refractivity contribution in [1.82, 2.24) is 0 Å². The molecule has 0 amide bonds. The summed E-state index contributed by atoms with van der Waals surface area (Å²) in [6, 6.07) is 13.9. The Kier molecular flexibility index (Phi) is 5.11. The SMILES string of the molecule is PCC(CP)Cc1ccc2c(c1)CCc1cc(P)ccc1-2. The smallest absolute Gasteiger partial charge is 0.0149 e. The molecule has 0 radical (unpaired) electrons. The van der Waals surface area contributed by atoms with E-state index in [1.54, 1.807) is 0 Å². The second-order valence-electron chi connectivity index (χ2n) is 5.95. The van der Waals surface area contributed by atoms with Crippen molar-refractivity contribution in [2.75, 3.05) is 12.3 Å². The topological polar surface area (TPSA) is 0 Å². The van der Waals surface area contributed by atoms with Crippen LogP contribution in [0.15, 0.2) is 36.4 Å². The van der Waals surface area contributed by atoms with E-state index in [0.717, 1.165) is 5.92 Å². The van der Waals surface area contributed by atoms with Gasteiger partial charge in [0.15, 0.2) is 0 Å². The average molecular weight is 332 g/mol. The van der Waals surface area contributed by atoms with Gasteiger partial charge in [-0.1, -0.05) is 36.4 Å². The van der Waals surface area contributed by atoms with Gasteiger partial charge in [-0.2, -0.15) is 0 Å². The Morgan fingerprint density at radius 1 is 0.857 bits per heavy atom. The normalized spacial score (nSPS) is 13.1. The first-order chi connectivity index (χ1) is 10.2. The van der Waals surface area contributed by atoms with Crippen LogP contribution in [0.4, 0.5) is 0 Å². The van der Waals surface area contributed by atoms with E-state index in [4.69, 9.17) is 0 Å². The minimum Gasteiger partial charge on any atom is -0.137 e. The van der Waals surface area contributed by atoms with E-state index in [-0.39, 0.29) is 0 Å². The molecule has 0 aliphatic heterocycles. The van der Waals surface area contributed by atoms with E-state index in [1.165, 1.54) is 64.7 Å². The monoisotopic (exact) mass is 332 g/mol. The molecule has 0 nitrogen and oxygen atoms in total. The summed E-state index contributed by atoms with van der Waals surface area (Å²) in [5, 5.41) is 1.29. The number of benzene rings is 2. The van der Waals surface area contributed by atoms with Gasteiger partial charge in [0.05, 0.1) is 0 Å². The fraction of sp³-hybridized carbons (Fsp3) is 0.333. The molecule has 3 unspecified atom stereocenters. The van der Waals surface area contributed by atoms with Crippen LogP contribution in [0.25, 0.3) is 11.1 Å². The van der Waals surface area contributed by atoms with Crippen LogP contribution in [0.5, 0.6) is 0 Å². The lowest BCUT2D eigenvalue weighted by molar-refractivity contribution is 0.669. The lowest BCUT2D eigenvalue weighted by Gasteiger charge is -2.22. The Hall–Kier alpha value is -0.270. The second kappa shape index (κ2) is 6.87. The van der Waals surface area contributed by atoms with Crippen molar-refractivity contribution in [2.45, 2.75) is 19.3 Å². The standard InChI is InChI=1S/C18H23P3/c19-10-13(11-20)7-12-1-5-17-14(8-12)2-3-15-9-16(21)4-6-18(15)17/h1,4-6,8-9,13H,2-3,7,10-11,19-21H2. The molecule has 110 valence electrons. The Bertz CT molecular complexity index is 645. The summed E-state index contributed by atoms with van der Waals surface area (Å²) in [6.45, 7) is 0. The van der Waals surface area contributed by atoms with Crippen molar-refractivity contribution in [3.8, 4) is 11.1 Å². The molecule has 1 aliphatic carbocycles. The summed E-state index contributed by atoms with van der Waals surface area (Å²) in [4.78, 5) is 0. The van der Waals surface area contributed by atoms with Gasteiger partial charge in [0.25, 0.3) is 0 Å². The quantitative estimate of drug-likeness (QED) is 0.746. The van der Waals surface area contributed by atoms with E-state index in [1.807, 2.05) is 0 Å². The molecule has 2 aromatic carbocycles. The Labute approximate surface area is 135 Å². The van der Waals surface area contributed by atoms with Crippen molar-refractivity contribution in [3.05, 3.63) is 53.1 Å². The first-order valence-electron chi connectivity index (χ1n) is 7.62. The largest absolute Gasteiger partial charge is 0.137 e. The fourth-order valence-electron chi connectivity index (χ4n) is 3.19. The Balaban J connectivity index is 1.93. The molecule has 3 atom stereocenters. The second-order valence-corrected chi connectivity index (χ2v) is 7.56. The molecule has 0 spiro atoms. The zero-order chi connectivity index (χ0) is 14.8. The van der Waals surface area contributed by atoms with Crippen molar-refractivity contribution in [2.24, 2.45) is 5.92 Å². The zero-order valence-electron chi connectivity index (χ0n) is 12.3. The summed E-state index contributed by atoms with van der Waals surface area (Å²) in [5.41, 5.74) is 7.40. The maximum absolute atomic E-state index is 2.88. The van der Waals surface area contributed by atoms with E-state index in [2.05, 4.69) is 64.1 Å². The predicted molar refractivity (Wildman–Crippen MR) is 105 cm³/mol. The third-order valence-electron chi connectivity index (χ3n) is 4.44. The summed E-state index contributed by atoms with van der Waals surface area (Å²) in [6.07, 6.45) is 5.90. The number of hydrogen-bond donors (Lipinski definition) is 0. The fourth-order valence-corrected chi connectivity index (χ4v) is 4.59. The van der Waals surface area contributed by atoms with Crippen molar-refractivity contribution >= 4 is 33.0 Å². The Morgan fingerprint density at radius 2 is 1.48 bits per heavy atom. The van der Waals surface area contributed by atoms with E-state index in [9.17, 15) is 0 Å². The molecule has 3 rings (SSSR count). The highest BCUT2D eigenvalue weighted by Crippen LogP contribution is 2.34. The first kappa shape index (κ1) is 15.6. The van der Waals surface area contributed by atoms with Crippen molar-refractivity contribution < 1.29 is 0 Å². The van der Waals surface area contributed by atoms with Crippen LogP contribution < -0.4 is 5.30 Å². The predicted octanol–water partition coefficient (Wildman–Crippen LogP) is 3.86. The van der Waals surface area contributed by atoms with Gasteiger partial charge in [-0.25, -0.2) is 0 Å². The Morgan fingerprint density at radius 3 is 2.14 bits per heavy atom. The number of fused-ring (bicyclic) bond motifs is 3. The maximum Gasteiger partial charge on any atom is -0.0149 e. The number of hydrogen-bond acceptors (Lipinski definition) is 0. The van der Waals surface area contributed by atoms with Crippen LogP contribution in [0.3, 0.4) is 0 Å². The molecule has 0 fully saturated rings. The molecular weight excluding hydrogens is 309 g/mol. The minimum absolute atomic E-state index is 0.758. The van der Waals surface area contributed by atoms with Crippen LogP contribution >= 0.6 is 27.7 Å². The third-order valence-corrected chi connectivity index (χ3v) is 6.14. The van der Waals surface area contributed by atoms with Crippen molar-refractivity contribution in [3.63, 3.8) is 0 Å². The molecule has 1 aliphatic rings. The molecule has 0 saturated carbocycles. The average Bonchev–Trinajstić information content (AvgIpc) is 2.51. The summed E-state index contributed by atoms with van der Waals surface area (Å²) in [7, 11) is 8.57. The highest BCUT2D eigenvalue weighted by Gasteiger charge is 2.16. The maximum atomic E-state index is 2.88. The van der Waals surface area contributed by atoms with Gasteiger partial charge < -0.3 is 0 Å². The van der Waals surface area contributed by atoms with Gasteiger partial charge in [-0.15, -0.1) is 27.7 Å². The van der Waals surface area contributed by atoms with E-state index in [0.29, 0.717) is 0 Å². The molecule has 3 heteroatoms. The zero-order valence-corrected chi connectivity index (χ0v) is 15.8. The lowest BCUT2D eigenvalue weighted by Crippen LogP contribution is -2.10. The lowest BCUT2D eigenvalue weighted by atomic mass is 9.84. The van der Waals surface area contributed by atoms with Crippen LogP contribution in [-0.4, -0.2) is 12.3 Å².